The van der Waals surface area contributed by atoms with Crippen LogP contribution in [0.4, 0.5) is 0 Å². The first-order chi connectivity index (χ1) is 6.29. The fraction of sp³-hybridized carbons (Fsp3) is 0.400. The third kappa shape index (κ3) is 3.22. The molecule has 0 saturated heterocycles. The van der Waals surface area contributed by atoms with Gasteiger partial charge >= 0.3 is 0 Å². The van der Waals surface area contributed by atoms with Gasteiger partial charge in [-0.1, -0.05) is 56.7 Å². The minimum Gasteiger partial charge on any atom is -0.373 e. The van der Waals surface area contributed by atoms with Gasteiger partial charge in [0.1, 0.15) is 0 Å². The van der Waals surface area contributed by atoms with Crippen LogP contribution in [-0.2, 0) is 4.74 Å². The van der Waals surface area contributed by atoms with Crippen molar-refractivity contribution < 1.29 is 4.74 Å². The van der Waals surface area contributed by atoms with E-state index in [0.29, 0.717) is 0 Å². The Morgan fingerprint density at radius 1 is 1.46 bits per heavy atom. The molecule has 0 radical (unpaired) electrons. The average Bonchev–Trinajstić information content (AvgIpc) is 2.16. The highest BCUT2D eigenvalue weighted by Gasteiger charge is 2.11. The predicted molar refractivity (Wildman–Crippen MR) is 67.4 cm³/mol. The molecule has 0 aliphatic heterocycles. The van der Waals surface area contributed by atoms with Crippen molar-refractivity contribution in [3.8, 4) is 0 Å². The first-order valence-corrected chi connectivity index (χ1v) is 6.53. The predicted octanol–water partition coefficient (Wildman–Crippen LogP) is 3.96. The topological polar surface area (TPSA) is 9.23 Å². The van der Waals surface area contributed by atoms with Crippen molar-refractivity contribution in [2.75, 3.05) is 11.0 Å². The number of ether oxygens (including phenoxy) is 1. The molecular weight excluding hydrogens is 343 g/mol. The van der Waals surface area contributed by atoms with Crippen LogP contribution in [0.25, 0.3) is 0 Å². The van der Waals surface area contributed by atoms with Crippen molar-refractivity contribution in [1.82, 2.24) is 0 Å². The van der Waals surface area contributed by atoms with Crippen LogP contribution in [-0.4, -0.2) is 11.0 Å². The number of benzene rings is 1. The van der Waals surface area contributed by atoms with Crippen molar-refractivity contribution in [2.24, 2.45) is 0 Å². The van der Waals surface area contributed by atoms with E-state index < -0.39 is 0 Å². The largest absolute Gasteiger partial charge is 0.373 e. The highest BCUT2D eigenvalue weighted by atomic mass is 127. The summed E-state index contributed by atoms with van der Waals surface area (Å²) in [6.45, 7) is 2.78. The molecule has 0 amide bonds. The van der Waals surface area contributed by atoms with E-state index in [2.05, 4.69) is 44.6 Å². The summed E-state index contributed by atoms with van der Waals surface area (Å²) in [7, 11) is 0. The summed E-state index contributed by atoms with van der Waals surface area (Å²) in [5.74, 6) is 0. The van der Waals surface area contributed by atoms with Crippen molar-refractivity contribution >= 4 is 38.5 Å². The van der Waals surface area contributed by atoms with Gasteiger partial charge in [-0.05, 0) is 18.6 Å². The molecule has 72 valence electrons. The van der Waals surface area contributed by atoms with Gasteiger partial charge in [-0.25, -0.2) is 0 Å². The van der Waals surface area contributed by atoms with Crippen molar-refractivity contribution in [1.29, 1.82) is 0 Å². The minimum atomic E-state index is 0.209. The Morgan fingerprint density at radius 3 is 2.69 bits per heavy atom. The maximum atomic E-state index is 5.62. The van der Waals surface area contributed by atoms with Crippen LogP contribution in [0.2, 0.25) is 0 Å². The molecule has 0 aromatic heterocycles. The first kappa shape index (κ1) is 11.5. The first-order valence-electron chi connectivity index (χ1n) is 4.21. The molecule has 0 aliphatic rings. The third-order valence-electron chi connectivity index (χ3n) is 1.76. The summed E-state index contributed by atoms with van der Waals surface area (Å²) in [4.78, 5) is 0. The van der Waals surface area contributed by atoms with Gasteiger partial charge in [0.25, 0.3) is 0 Å². The average molecular weight is 355 g/mol. The molecule has 0 N–H and O–H groups in total. The summed E-state index contributed by atoms with van der Waals surface area (Å²) in [6.07, 6.45) is 0.209. The maximum absolute atomic E-state index is 5.62. The van der Waals surface area contributed by atoms with Crippen LogP contribution in [0.15, 0.2) is 28.7 Å². The Hall–Kier alpha value is 0.390. The lowest BCUT2D eigenvalue weighted by atomic mass is 10.1. The fourth-order valence-corrected chi connectivity index (χ4v) is 2.42. The maximum Gasteiger partial charge on any atom is 0.0924 e. The molecule has 0 saturated carbocycles. The standard InChI is InChI=1S/C10H12BrIO/c1-2-13-10(7-12)8-5-3-4-6-9(8)11/h3-6,10H,2,7H2,1H3. The van der Waals surface area contributed by atoms with Crippen LogP contribution in [0.5, 0.6) is 0 Å². The van der Waals surface area contributed by atoms with Crippen LogP contribution < -0.4 is 0 Å². The van der Waals surface area contributed by atoms with E-state index in [9.17, 15) is 0 Å². The van der Waals surface area contributed by atoms with Gasteiger partial charge in [-0.15, -0.1) is 0 Å². The second-order valence-electron chi connectivity index (χ2n) is 2.62. The molecule has 0 bridgehead atoms. The monoisotopic (exact) mass is 354 g/mol. The fourth-order valence-electron chi connectivity index (χ4n) is 1.15. The molecule has 0 aliphatic carbocycles. The normalized spacial score (nSPS) is 12.8. The minimum absolute atomic E-state index is 0.209. The van der Waals surface area contributed by atoms with E-state index in [1.165, 1.54) is 5.56 Å². The Labute approximate surface area is 101 Å². The Bertz CT molecular complexity index is 265. The molecule has 3 heteroatoms. The van der Waals surface area contributed by atoms with E-state index in [4.69, 9.17) is 4.74 Å². The van der Waals surface area contributed by atoms with Gasteiger partial charge in [-0.3, -0.25) is 0 Å². The molecule has 1 nitrogen and oxygen atoms in total. The van der Waals surface area contributed by atoms with E-state index in [0.717, 1.165) is 15.5 Å². The molecule has 0 heterocycles. The number of hydrogen-bond donors (Lipinski definition) is 0. The quantitative estimate of drug-likeness (QED) is 0.587. The zero-order valence-corrected chi connectivity index (χ0v) is 11.2. The van der Waals surface area contributed by atoms with Gasteiger partial charge in [0.15, 0.2) is 0 Å². The van der Waals surface area contributed by atoms with E-state index >= 15 is 0 Å². The lowest BCUT2D eigenvalue weighted by Gasteiger charge is -2.15. The number of alkyl halides is 1. The summed E-state index contributed by atoms with van der Waals surface area (Å²) in [5.41, 5.74) is 1.23. The zero-order valence-electron chi connectivity index (χ0n) is 7.47. The molecule has 13 heavy (non-hydrogen) atoms. The Balaban J connectivity index is 2.84. The van der Waals surface area contributed by atoms with E-state index in [-0.39, 0.29) is 6.10 Å². The summed E-state index contributed by atoms with van der Waals surface area (Å²) in [5, 5.41) is 0. The molecular formula is C10H12BrIO. The SMILES string of the molecule is CCOC(CI)c1ccccc1Br. The number of rotatable bonds is 4. The molecule has 1 unspecified atom stereocenters. The summed E-state index contributed by atoms with van der Waals surface area (Å²) in [6, 6.07) is 8.21. The Morgan fingerprint density at radius 2 is 2.15 bits per heavy atom. The van der Waals surface area contributed by atoms with Crippen LogP contribution in [0, 0.1) is 0 Å². The molecule has 1 aromatic carbocycles. The lowest BCUT2D eigenvalue weighted by molar-refractivity contribution is 0.0814. The summed E-state index contributed by atoms with van der Waals surface area (Å²) < 4.78 is 7.73. The molecule has 1 aromatic rings. The molecule has 1 rings (SSSR count). The molecule has 0 spiro atoms. The smallest absolute Gasteiger partial charge is 0.0924 e. The highest BCUT2D eigenvalue weighted by Crippen LogP contribution is 2.27. The molecule has 1 atom stereocenters. The molecule has 0 fully saturated rings. The third-order valence-corrected chi connectivity index (χ3v) is 3.28. The van der Waals surface area contributed by atoms with Crippen LogP contribution >= 0.6 is 38.5 Å². The second-order valence-corrected chi connectivity index (χ2v) is 4.35. The van der Waals surface area contributed by atoms with Crippen molar-refractivity contribution in [3.05, 3.63) is 34.3 Å². The zero-order chi connectivity index (χ0) is 9.68. The van der Waals surface area contributed by atoms with Crippen molar-refractivity contribution in [3.63, 3.8) is 0 Å². The van der Waals surface area contributed by atoms with Crippen LogP contribution in [0.3, 0.4) is 0 Å². The van der Waals surface area contributed by atoms with E-state index in [1.54, 1.807) is 0 Å². The van der Waals surface area contributed by atoms with Crippen molar-refractivity contribution in [2.45, 2.75) is 13.0 Å². The van der Waals surface area contributed by atoms with E-state index in [1.807, 2.05) is 25.1 Å². The number of halogens is 2. The summed E-state index contributed by atoms with van der Waals surface area (Å²) >= 11 is 5.87. The number of hydrogen-bond acceptors (Lipinski definition) is 1. The van der Waals surface area contributed by atoms with Gasteiger partial charge in [0, 0.05) is 15.5 Å². The van der Waals surface area contributed by atoms with Gasteiger partial charge in [0.05, 0.1) is 6.10 Å². The van der Waals surface area contributed by atoms with Crippen LogP contribution in [0.1, 0.15) is 18.6 Å². The second kappa shape index (κ2) is 5.98. The van der Waals surface area contributed by atoms with Gasteiger partial charge < -0.3 is 4.74 Å². The Kier molecular flexibility index (Phi) is 5.28. The lowest BCUT2D eigenvalue weighted by Crippen LogP contribution is -2.05. The van der Waals surface area contributed by atoms with Gasteiger partial charge in [0.2, 0.25) is 0 Å². The van der Waals surface area contributed by atoms with Gasteiger partial charge in [-0.2, -0.15) is 0 Å². The highest BCUT2D eigenvalue weighted by molar-refractivity contribution is 14.1.